The summed E-state index contributed by atoms with van der Waals surface area (Å²) >= 11 is 0. The molecule has 0 saturated carbocycles. The number of benzene rings is 1. The monoisotopic (exact) mass is 375 g/mol. The van der Waals surface area contributed by atoms with Gasteiger partial charge in [0, 0.05) is 25.2 Å². The van der Waals surface area contributed by atoms with Gasteiger partial charge in [0.2, 0.25) is 10.0 Å². The number of rotatable bonds is 5. The summed E-state index contributed by atoms with van der Waals surface area (Å²) in [5, 5.41) is 0. The van der Waals surface area contributed by atoms with Gasteiger partial charge in [0.25, 0.3) is 5.91 Å². The zero-order chi connectivity index (χ0) is 17.3. The highest BCUT2D eigenvalue weighted by atomic mass is 35.5. The van der Waals surface area contributed by atoms with Crippen LogP contribution in [0.25, 0.3) is 0 Å². The number of carbonyl (C=O) groups excluding carboxylic acids is 1. The lowest BCUT2D eigenvalue weighted by atomic mass is 9.90. The van der Waals surface area contributed by atoms with Crippen LogP contribution in [-0.2, 0) is 10.0 Å². The maximum absolute atomic E-state index is 12.8. The minimum atomic E-state index is -3.57. The van der Waals surface area contributed by atoms with Crippen LogP contribution < -0.4 is 10.5 Å². The van der Waals surface area contributed by atoms with E-state index >= 15 is 0 Å². The predicted molar refractivity (Wildman–Crippen MR) is 97.0 cm³/mol. The highest BCUT2D eigenvalue weighted by Crippen LogP contribution is 2.30. The molecule has 6 nitrogen and oxygen atoms in total. The molecule has 1 aliphatic heterocycles. The molecule has 24 heavy (non-hydrogen) atoms. The Labute approximate surface area is 150 Å². The molecule has 0 aliphatic carbocycles. The number of carbonyl (C=O) groups is 1. The van der Waals surface area contributed by atoms with Crippen molar-refractivity contribution >= 4 is 28.3 Å². The number of amides is 1. The average Bonchev–Trinajstić information content (AvgIpc) is 2.90. The summed E-state index contributed by atoms with van der Waals surface area (Å²) in [6, 6.07) is 4.67. The third-order valence-corrected chi connectivity index (χ3v) is 5.97. The van der Waals surface area contributed by atoms with Gasteiger partial charge in [-0.3, -0.25) is 4.79 Å². The fourth-order valence-corrected chi connectivity index (χ4v) is 3.87. The maximum Gasteiger partial charge on any atom is 0.254 e. The number of nitrogens with zero attached hydrogens (tertiary/aromatic N) is 1. The van der Waals surface area contributed by atoms with E-state index in [0.29, 0.717) is 31.7 Å². The zero-order valence-corrected chi connectivity index (χ0v) is 16.0. The number of hydrogen-bond acceptors (Lipinski definition) is 4. The molecule has 1 saturated heterocycles. The molecule has 1 unspecified atom stereocenters. The Hall–Kier alpha value is -1.15. The Bertz CT molecular complexity index is 709. The lowest BCUT2D eigenvalue weighted by Crippen LogP contribution is -2.35. The Morgan fingerprint density at radius 2 is 2.08 bits per heavy atom. The number of sulfonamides is 1. The van der Waals surface area contributed by atoms with E-state index in [2.05, 4.69) is 11.6 Å². The number of hydrogen-bond donors (Lipinski definition) is 2. The van der Waals surface area contributed by atoms with Crippen LogP contribution in [0.5, 0.6) is 0 Å². The summed E-state index contributed by atoms with van der Waals surface area (Å²) in [7, 11) is -3.57. The van der Waals surface area contributed by atoms with Crippen molar-refractivity contribution in [2.45, 2.75) is 32.1 Å². The predicted octanol–water partition coefficient (Wildman–Crippen LogP) is 1.53. The van der Waals surface area contributed by atoms with Gasteiger partial charge in [0.15, 0.2) is 0 Å². The molecular weight excluding hydrogens is 350 g/mol. The summed E-state index contributed by atoms with van der Waals surface area (Å²) in [6.07, 6.45) is 0.865. The largest absolute Gasteiger partial charge is 0.338 e. The molecule has 1 amide bonds. The number of nitrogens with two attached hydrogens (primary N) is 1. The van der Waals surface area contributed by atoms with Crippen LogP contribution in [0.4, 0.5) is 0 Å². The highest BCUT2D eigenvalue weighted by molar-refractivity contribution is 7.89. The Balaban J connectivity index is 0.00000288. The van der Waals surface area contributed by atoms with Crippen molar-refractivity contribution in [2.24, 2.45) is 11.1 Å². The molecule has 0 spiro atoms. The number of halogens is 1. The summed E-state index contributed by atoms with van der Waals surface area (Å²) in [5.41, 5.74) is 6.94. The molecule has 1 heterocycles. The van der Waals surface area contributed by atoms with Crippen molar-refractivity contribution in [3.05, 3.63) is 29.3 Å². The van der Waals surface area contributed by atoms with E-state index in [1.165, 1.54) is 12.1 Å². The van der Waals surface area contributed by atoms with E-state index in [1.807, 2.05) is 6.92 Å². The van der Waals surface area contributed by atoms with Crippen LogP contribution in [0.3, 0.4) is 0 Å². The third-order valence-electron chi connectivity index (χ3n) is 4.42. The molecule has 1 aliphatic rings. The molecule has 8 heteroatoms. The number of likely N-dealkylation sites (tertiary alicyclic amines) is 1. The van der Waals surface area contributed by atoms with Gasteiger partial charge in [-0.05, 0) is 43.0 Å². The standard InChI is InChI=1S/C16H25N3O3S.ClH/c1-4-18-23(21,22)13-6-5-12(2)14(9-13)15(20)19-8-7-16(3,10-17)11-19;/h5-6,9,18H,4,7-8,10-11,17H2,1-3H3;1H. The Kier molecular flexibility index (Phi) is 6.81. The van der Waals surface area contributed by atoms with Gasteiger partial charge in [-0.25, -0.2) is 13.1 Å². The second-order valence-electron chi connectivity index (χ2n) is 6.47. The summed E-state index contributed by atoms with van der Waals surface area (Å²) in [4.78, 5) is 14.7. The average molecular weight is 376 g/mol. The second kappa shape index (κ2) is 7.82. The zero-order valence-electron chi connectivity index (χ0n) is 14.3. The molecule has 2 rings (SSSR count). The van der Waals surface area contributed by atoms with Crippen molar-refractivity contribution in [1.29, 1.82) is 0 Å². The van der Waals surface area contributed by atoms with Crippen LogP contribution in [0.2, 0.25) is 0 Å². The fourth-order valence-electron chi connectivity index (χ4n) is 2.81. The van der Waals surface area contributed by atoms with Crippen molar-refractivity contribution in [3.63, 3.8) is 0 Å². The van der Waals surface area contributed by atoms with E-state index in [1.54, 1.807) is 17.9 Å². The first kappa shape index (κ1) is 20.9. The molecule has 1 aromatic rings. The molecule has 136 valence electrons. The SMILES string of the molecule is CCNS(=O)(=O)c1ccc(C)c(C(=O)N2CCC(C)(CN)C2)c1.Cl. The van der Waals surface area contributed by atoms with Gasteiger partial charge in [0.05, 0.1) is 4.90 Å². The van der Waals surface area contributed by atoms with E-state index in [-0.39, 0.29) is 28.6 Å². The van der Waals surface area contributed by atoms with Crippen LogP contribution in [0.15, 0.2) is 23.1 Å². The first-order valence-electron chi connectivity index (χ1n) is 7.82. The summed E-state index contributed by atoms with van der Waals surface area (Å²) in [6.45, 7) is 7.69. The first-order valence-corrected chi connectivity index (χ1v) is 9.30. The lowest BCUT2D eigenvalue weighted by Gasteiger charge is -2.23. The molecule has 0 radical (unpaired) electrons. The van der Waals surface area contributed by atoms with Crippen molar-refractivity contribution in [1.82, 2.24) is 9.62 Å². The van der Waals surface area contributed by atoms with Crippen molar-refractivity contribution < 1.29 is 13.2 Å². The molecule has 0 aromatic heterocycles. The molecule has 3 N–H and O–H groups in total. The normalized spacial score (nSPS) is 20.8. The first-order chi connectivity index (χ1) is 10.7. The van der Waals surface area contributed by atoms with Crippen molar-refractivity contribution in [3.8, 4) is 0 Å². The van der Waals surface area contributed by atoms with E-state index < -0.39 is 10.0 Å². The Morgan fingerprint density at radius 1 is 1.42 bits per heavy atom. The quantitative estimate of drug-likeness (QED) is 0.816. The van der Waals surface area contributed by atoms with E-state index in [9.17, 15) is 13.2 Å². The van der Waals surface area contributed by atoms with Gasteiger partial charge in [0.1, 0.15) is 0 Å². The van der Waals surface area contributed by atoms with Crippen LogP contribution >= 0.6 is 12.4 Å². The van der Waals surface area contributed by atoms with Crippen molar-refractivity contribution in [2.75, 3.05) is 26.2 Å². The van der Waals surface area contributed by atoms with Gasteiger partial charge in [-0.1, -0.05) is 19.9 Å². The van der Waals surface area contributed by atoms with Gasteiger partial charge >= 0.3 is 0 Å². The molecule has 1 atom stereocenters. The number of nitrogens with one attached hydrogen (secondary N) is 1. The second-order valence-corrected chi connectivity index (χ2v) is 8.24. The summed E-state index contributed by atoms with van der Waals surface area (Å²) in [5.74, 6) is -0.131. The minimum Gasteiger partial charge on any atom is -0.338 e. The lowest BCUT2D eigenvalue weighted by molar-refractivity contribution is 0.0776. The molecular formula is C16H26ClN3O3S. The third kappa shape index (κ3) is 4.27. The van der Waals surface area contributed by atoms with Gasteiger partial charge < -0.3 is 10.6 Å². The summed E-state index contributed by atoms with van der Waals surface area (Å²) < 4.78 is 26.7. The van der Waals surface area contributed by atoms with Gasteiger partial charge in [-0.15, -0.1) is 12.4 Å². The molecule has 1 aromatic carbocycles. The van der Waals surface area contributed by atoms with Gasteiger partial charge in [-0.2, -0.15) is 0 Å². The smallest absolute Gasteiger partial charge is 0.254 e. The van der Waals surface area contributed by atoms with Crippen LogP contribution in [0, 0.1) is 12.3 Å². The molecule has 1 fully saturated rings. The topological polar surface area (TPSA) is 92.5 Å². The van der Waals surface area contributed by atoms with E-state index in [0.717, 1.165) is 12.0 Å². The molecule has 0 bridgehead atoms. The van der Waals surface area contributed by atoms with Crippen LogP contribution in [0.1, 0.15) is 36.2 Å². The highest BCUT2D eigenvalue weighted by Gasteiger charge is 2.35. The number of aryl methyl sites for hydroxylation is 1. The van der Waals surface area contributed by atoms with Crippen LogP contribution in [-0.4, -0.2) is 45.4 Å². The maximum atomic E-state index is 12.8. The Morgan fingerprint density at radius 3 is 2.62 bits per heavy atom. The fraction of sp³-hybridized carbons (Fsp3) is 0.562. The van der Waals surface area contributed by atoms with E-state index in [4.69, 9.17) is 5.73 Å². The minimum absolute atomic E-state index is 0.